The third-order valence-corrected chi connectivity index (χ3v) is 5.37. The van der Waals surface area contributed by atoms with E-state index in [9.17, 15) is 4.39 Å². The van der Waals surface area contributed by atoms with Crippen LogP contribution in [0.25, 0.3) is 0 Å². The highest BCUT2D eigenvalue weighted by molar-refractivity contribution is 7.80. The van der Waals surface area contributed by atoms with Gasteiger partial charge in [0.05, 0.1) is 25.0 Å². The molecule has 0 bridgehead atoms. The topological polar surface area (TPSA) is 59.7 Å². The van der Waals surface area contributed by atoms with Gasteiger partial charge >= 0.3 is 0 Å². The zero-order valence-corrected chi connectivity index (χ0v) is 18.4. The molecule has 2 heterocycles. The number of nitrogens with one attached hydrogen (secondary N) is 2. The summed E-state index contributed by atoms with van der Waals surface area (Å²) in [5.41, 5.74) is 2.08. The van der Waals surface area contributed by atoms with Crippen LogP contribution in [0.5, 0.6) is 0 Å². The number of aromatic nitrogens is 4. The molecule has 0 amide bonds. The van der Waals surface area contributed by atoms with Gasteiger partial charge in [-0.15, -0.1) is 0 Å². The van der Waals surface area contributed by atoms with Gasteiger partial charge in [0, 0.05) is 34.1 Å². The Morgan fingerprint density at radius 3 is 2.58 bits per heavy atom. The first-order chi connectivity index (χ1) is 15.0. The molecule has 0 saturated carbocycles. The minimum atomic E-state index is -0.372. The highest BCUT2D eigenvalue weighted by Crippen LogP contribution is 2.20. The van der Waals surface area contributed by atoms with Gasteiger partial charge in [0.25, 0.3) is 0 Å². The van der Waals surface area contributed by atoms with Gasteiger partial charge in [-0.05, 0) is 36.0 Å². The van der Waals surface area contributed by atoms with Gasteiger partial charge in [0.15, 0.2) is 10.9 Å². The maximum atomic E-state index is 14.0. The SMILES string of the molecule is Fc1cccc(Cl)c1Cn1ccc(NC(=S)Nc2cnn(Cc3ccccc3Cl)c2)n1. The van der Waals surface area contributed by atoms with E-state index in [0.29, 0.717) is 33.1 Å². The van der Waals surface area contributed by atoms with Crippen LogP contribution in [0.15, 0.2) is 67.1 Å². The Morgan fingerprint density at radius 2 is 1.77 bits per heavy atom. The standard InChI is InChI=1S/C21H17Cl2FN6S/c22-17-5-2-1-4-14(17)11-30-12-15(10-25-30)26-21(31)27-20-8-9-29(28-20)13-16-18(23)6-3-7-19(16)24/h1-10,12H,11,13H2,(H2,26,27,28,31). The third-order valence-electron chi connectivity index (χ3n) is 4.45. The van der Waals surface area contributed by atoms with Crippen LogP contribution >= 0.6 is 35.4 Å². The number of rotatable bonds is 6. The zero-order chi connectivity index (χ0) is 21.8. The van der Waals surface area contributed by atoms with Crippen LogP contribution in [0.2, 0.25) is 10.0 Å². The van der Waals surface area contributed by atoms with Crippen LogP contribution in [0.4, 0.5) is 15.9 Å². The summed E-state index contributed by atoms with van der Waals surface area (Å²) in [5.74, 6) is 0.150. The first-order valence-electron chi connectivity index (χ1n) is 9.28. The van der Waals surface area contributed by atoms with E-state index in [1.165, 1.54) is 6.07 Å². The maximum absolute atomic E-state index is 14.0. The Labute approximate surface area is 193 Å². The molecule has 0 radical (unpaired) electrons. The van der Waals surface area contributed by atoms with Crippen LogP contribution < -0.4 is 10.6 Å². The molecule has 2 aromatic heterocycles. The second kappa shape index (κ2) is 9.47. The van der Waals surface area contributed by atoms with Gasteiger partial charge in [-0.2, -0.15) is 10.2 Å². The number of anilines is 2. The summed E-state index contributed by atoms with van der Waals surface area (Å²) in [7, 11) is 0. The van der Waals surface area contributed by atoms with E-state index in [-0.39, 0.29) is 12.4 Å². The summed E-state index contributed by atoms with van der Waals surface area (Å²) in [6.07, 6.45) is 5.22. The van der Waals surface area contributed by atoms with Crippen molar-refractivity contribution in [2.75, 3.05) is 10.6 Å². The van der Waals surface area contributed by atoms with Gasteiger partial charge in [-0.3, -0.25) is 9.36 Å². The van der Waals surface area contributed by atoms with Crippen molar-refractivity contribution in [2.24, 2.45) is 0 Å². The zero-order valence-electron chi connectivity index (χ0n) is 16.1. The number of hydrogen-bond donors (Lipinski definition) is 2. The molecular formula is C21H17Cl2FN6S. The molecule has 2 N–H and O–H groups in total. The van der Waals surface area contributed by atoms with E-state index >= 15 is 0 Å². The van der Waals surface area contributed by atoms with Gasteiger partial charge in [-0.1, -0.05) is 47.5 Å². The molecule has 4 rings (SSSR count). The molecular weight excluding hydrogens is 458 g/mol. The van der Waals surface area contributed by atoms with Gasteiger partial charge in [0.2, 0.25) is 0 Å². The second-order valence-electron chi connectivity index (χ2n) is 6.70. The lowest BCUT2D eigenvalue weighted by Crippen LogP contribution is -2.19. The summed E-state index contributed by atoms with van der Waals surface area (Å²) in [4.78, 5) is 0. The fraction of sp³-hybridized carbons (Fsp3) is 0.0952. The molecule has 0 aliphatic carbocycles. The molecule has 2 aromatic carbocycles. The van der Waals surface area contributed by atoms with Crippen molar-refractivity contribution >= 4 is 52.0 Å². The molecule has 0 fully saturated rings. The third kappa shape index (κ3) is 5.41. The Balaban J connectivity index is 1.35. The van der Waals surface area contributed by atoms with E-state index in [0.717, 1.165) is 11.3 Å². The first-order valence-corrected chi connectivity index (χ1v) is 10.4. The maximum Gasteiger partial charge on any atom is 0.176 e. The summed E-state index contributed by atoms with van der Waals surface area (Å²) in [6, 6.07) is 13.9. The van der Waals surface area contributed by atoms with Crippen molar-refractivity contribution in [3.8, 4) is 0 Å². The largest absolute Gasteiger partial charge is 0.330 e. The van der Waals surface area contributed by atoms with Crippen LogP contribution in [0, 0.1) is 5.82 Å². The average molecular weight is 475 g/mol. The van der Waals surface area contributed by atoms with Gasteiger partial charge < -0.3 is 10.6 Å². The Bertz CT molecular complexity index is 1200. The van der Waals surface area contributed by atoms with Gasteiger partial charge in [-0.25, -0.2) is 4.39 Å². The highest BCUT2D eigenvalue weighted by atomic mass is 35.5. The van der Waals surface area contributed by atoms with Crippen molar-refractivity contribution in [2.45, 2.75) is 13.1 Å². The molecule has 10 heteroatoms. The summed E-state index contributed by atoms with van der Waals surface area (Å²) in [5, 5.41) is 16.1. The van der Waals surface area contributed by atoms with Crippen molar-refractivity contribution < 1.29 is 4.39 Å². The lowest BCUT2D eigenvalue weighted by atomic mass is 10.2. The number of nitrogens with zero attached hydrogens (tertiary/aromatic N) is 4. The molecule has 0 unspecified atom stereocenters. The van der Waals surface area contributed by atoms with Crippen LogP contribution in [0.3, 0.4) is 0 Å². The predicted molar refractivity (Wildman–Crippen MR) is 125 cm³/mol. The fourth-order valence-electron chi connectivity index (χ4n) is 2.96. The van der Waals surface area contributed by atoms with E-state index in [4.69, 9.17) is 35.4 Å². The average Bonchev–Trinajstić information content (AvgIpc) is 3.36. The summed E-state index contributed by atoms with van der Waals surface area (Å²) < 4.78 is 17.3. The minimum absolute atomic E-state index is 0.211. The molecule has 6 nitrogen and oxygen atoms in total. The Hall–Kier alpha value is -2.94. The summed E-state index contributed by atoms with van der Waals surface area (Å²) >= 11 is 17.6. The van der Waals surface area contributed by atoms with Gasteiger partial charge in [0.1, 0.15) is 5.82 Å². The quantitative estimate of drug-likeness (QED) is 0.364. The lowest BCUT2D eigenvalue weighted by molar-refractivity contribution is 0.586. The van der Waals surface area contributed by atoms with Crippen molar-refractivity contribution in [3.63, 3.8) is 0 Å². The molecule has 0 aliphatic rings. The van der Waals surface area contributed by atoms with E-state index in [1.54, 1.807) is 40.0 Å². The Kier molecular flexibility index (Phi) is 6.50. The first kappa shape index (κ1) is 21.3. The number of hydrogen-bond acceptors (Lipinski definition) is 3. The molecule has 158 valence electrons. The van der Waals surface area contributed by atoms with E-state index in [1.807, 2.05) is 30.5 Å². The van der Waals surface area contributed by atoms with Crippen molar-refractivity contribution in [1.29, 1.82) is 0 Å². The monoisotopic (exact) mass is 474 g/mol. The van der Waals surface area contributed by atoms with Crippen molar-refractivity contribution in [1.82, 2.24) is 19.6 Å². The van der Waals surface area contributed by atoms with E-state index < -0.39 is 0 Å². The second-order valence-corrected chi connectivity index (χ2v) is 7.92. The van der Waals surface area contributed by atoms with E-state index in [2.05, 4.69) is 20.8 Å². The molecule has 0 spiro atoms. The normalized spacial score (nSPS) is 10.8. The predicted octanol–water partition coefficient (Wildman–Crippen LogP) is 5.43. The smallest absolute Gasteiger partial charge is 0.176 e. The van der Waals surface area contributed by atoms with Crippen LogP contribution in [-0.4, -0.2) is 24.7 Å². The highest BCUT2D eigenvalue weighted by Gasteiger charge is 2.10. The summed E-state index contributed by atoms with van der Waals surface area (Å²) in [6.45, 7) is 0.757. The molecule has 0 atom stereocenters. The number of thiocarbonyl (C=S) groups is 1. The molecule has 31 heavy (non-hydrogen) atoms. The molecule has 0 aliphatic heterocycles. The van der Waals surface area contributed by atoms with Crippen LogP contribution in [-0.2, 0) is 13.1 Å². The fourth-order valence-corrected chi connectivity index (χ4v) is 3.60. The molecule has 4 aromatic rings. The van der Waals surface area contributed by atoms with Crippen LogP contribution in [0.1, 0.15) is 11.1 Å². The molecule has 0 saturated heterocycles. The van der Waals surface area contributed by atoms with Crippen molar-refractivity contribution in [3.05, 3.63) is 94.1 Å². The number of halogens is 3. The lowest BCUT2D eigenvalue weighted by Gasteiger charge is -2.07. The Morgan fingerprint density at radius 1 is 0.968 bits per heavy atom. The number of benzene rings is 2. The minimum Gasteiger partial charge on any atom is -0.330 e.